The molecule has 3 aromatic rings. The van der Waals surface area contributed by atoms with E-state index in [1.54, 1.807) is 0 Å². The van der Waals surface area contributed by atoms with Gasteiger partial charge in [0.25, 0.3) is 0 Å². The van der Waals surface area contributed by atoms with Crippen molar-refractivity contribution in [3.05, 3.63) is 57.7 Å². The highest BCUT2D eigenvalue weighted by molar-refractivity contribution is 6.38. The van der Waals surface area contributed by atoms with Crippen molar-refractivity contribution < 1.29 is 0 Å². The summed E-state index contributed by atoms with van der Waals surface area (Å²) in [7, 11) is 0. The summed E-state index contributed by atoms with van der Waals surface area (Å²) in [6, 6.07) is 11.6. The third kappa shape index (κ3) is 2.15. The lowest BCUT2D eigenvalue weighted by Gasteiger charge is -2.10. The zero-order valence-electron chi connectivity index (χ0n) is 11.1. The summed E-state index contributed by atoms with van der Waals surface area (Å²) >= 11 is 12.5. The molecular weight excluding hydrogens is 291 g/mol. The first kappa shape index (κ1) is 13.3. The third-order valence-electron chi connectivity index (χ3n) is 3.34. The van der Waals surface area contributed by atoms with Gasteiger partial charge in [0, 0.05) is 10.9 Å². The van der Waals surface area contributed by atoms with Crippen LogP contribution < -0.4 is 0 Å². The van der Waals surface area contributed by atoms with Gasteiger partial charge in [-0.3, -0.25) is 0 Å². The Morgan fingerprint density at radius 1 is 0.850 bits per heavy atom. The first-order chi connectivity index (χ1) is 9.58. The Balaban J connectivity index is 2.36. The summed E-state index contributed by atoms with van der Waals surface area (Å²) < 4.78 is 0. The lowest BCUT2D eigenvalue weighted by atomic mass is 10.0. The van der Waals surface area contributed by atoms with Crippen LogP contribution in [0.4, 0.5) is 0 Å². The Hall–Kier alpha value is -1.64. The van der Waals surface area contributed by atoms with Gasteiger partial charge in [-0.05, 0) is 37.1 Å². The summed E-state index contributed by atoms with van der Waals surface area (Å²) in [5, 5.41) is 1.78. The van der Waals surface area contributed by atoms with Gasteiger partial charge in [-0.15, -0.1) is 0 Å². The van der Waals surface area contributed by atoms with Gasteiger partial charge in [0.15, 0.2) is 5.82 Å². The molecule has 1 heterocycles. The van der Waals surface area contributed by atoms with E-state index in [-0.39, 0.29) is 0 Å². The summed E-state index contributed by atoms with van der Waals surface area (Å²) in [5.74, 6) is 0.617. The minimum atomic E-state index is 0.426. The normalized spacial score (nSPS) is 11.0. The number of aryl methyl sites for hydroxylation is 2. The maximum absolute atomic E-state index is 6.28. The lowest BCUT2D eigenvalue weighted by molar-refractivity contribution is 1.20. The first-order valence-electron chi connectivity index (χ1n) is 6.26. The van der Waals surface area contributed by atoms with E-state index in [9.17, 15) is 0 Å². The molecule has 0 spiro atoms. The second-order valence-corrected chi connectivity index (χ2v) is 5.51. The molecule has 0 fully saturated rings. The van der Waals surface area contributed by atoms with Gasteiger partial charge in [0.1, 0.15) is 5.15 Å². The Morgan fingerprint density at radius 3 is 2.20 bits per heavy atom. The lowest BCUT2D eigenvalue weighted by Crippen LogP contribution is -1.96. The van der Waals surface area contributed by atoms with Crippen LogP contribution in [0.3, 0.4) is 0 Å². The van der Waals surface area contributed by atoms with Gasteiger partial charge in [0.2, 0.25) is 0 Å². The van der Waals surface area contributed by atoms with Crippen molar-refractivity contribution in [2.75, 3.05) is 0 Å². The Morgan fingerprint density at radius 2 is 1.50 bits per heavy atom. The van der Waals surface area contributed by atoms with E-state index in [1.165, 1.54) is 0 Å². The van der Waals surface area contributed by atoms with Gasteiger partial charge in [-0.1, -0.05) is 47.5 Å². The van der Waals surface area contributed by atoms with Crippen LogP contribution in [-0.2, 0) is 0 Å². The van der Waals surface area contributed by atoms with E-state index in [4.69, 9.17) is 23.2 Å². The smallest absolute Gasteiger partial charge is 0.162 e. The Bertz CT molecular complexity index is 793. The van der Waals surface area contributed by atoms with E-state index in [2.05, 4.69) is 9.97 Å². The molecule has 0 saturated heterocycles. The molecule has 4 heteroatoms. The molecule has 0 atom stereocenters. The fourth-order valence-corrected chi connectivity index (χ4v) is 2.81. The predicted molar refractivity (Wildman–Crippen MR) is 84.5 cm³/mol. The predicted octanol–water partition coefficient (Wildman–Crippen LogP) is 5.22. The average molecular weight is 303 g/mol. The van der Waals surface area contributed by atoms with Crippen molar-refractivity contribution in [2.45, 2.75) is 13.8 Å². The van der Waals surface area contributed by atoms with E-state index < -0.39 is 0 Å². The molecule has 0 aliphatic carbocycles. The highest BCUT2D eigenvalue weighted by Crippen LogP contribution is 2.31. The van der Waals surface area contributed by atoms with Gasteiger partial charge >= 0.3 is 0 Å². The fraction of sp³-hybridized carbons (Fsp3) is 0.125. The SMILES string of the molecule is Cc1cccc(C)c1-c1nc(Cl)c2cccc(Cl)c2n1. The van der Waals surface area contributed by atoms with Crippen LogP contribution in [0, 0.1) is 13.8 Å². The van der Waals surface area contributed by atoms with Crippen molar-refractivity contribution >= 4 is 34.1 Å². The number of nitrogens with zero attached hydrogens (tertiary/aromatic N) is 2. The standard InChI is InChI=1S/C16H12Cl2N2/c1-9-5-3-6-10(2)13(9)16-19-14-11(15(18)20-16)7-4-8-12(14)17/h3-8H,1-2H3. The van der Waals surface area contributed by atoms with Crippen molar-refractivity contribution in [2.24, 2.45) is 0 Å². The third-order valence-corrected chi connectivity index (χ3v) is 3.93. The highest BCUT2D eigenvalue weighted by atomic mass is 35.5. The molecule has 1 aromatic heterocycles. The van der Waals surface area contributed by atoms with E-state index >= 15 is 0 Å². The number of aromatic nitrogens is 2. The molecule has 2 aromatic carbocycles. The van der Waals surface area contributed by atoms with Crippen LogP contribution in [0.5, 0.6) is 0 Å². The molecule has 0 amide bonds. The number of hydrogen-bond donors (Lipinski definition) is 0. The van der Waals surface area contributed by atoms with Gasteiger partial charge in [-0.25, -0.2) is 9.97 Å². The zero-order chi connectivity index (χ0) is 14.3. The minimum absolute atomic E-state index is 0.426. The Kier molecular flexibility index (Phi) is 3.36. The number of benzene rings is 2. The van der Waals surface area contributed by atoms with Crippen LogP contribution in [0.2, 0.25) is 10.2 Å². The van der Waals surface area contributed by atoms with Crippen LogP contribution in [0.1, 0.15) is 11.1 Å². The number of fused-ring (bicyclic) bond motifs is 1. The maximum atomic E-state index is 6.28. The molecule has 20 heavy (non-hydrogen) atoms. The number of rotatable bonds is 1. The first-order valence-corrected chi connectivity index (χ1v) is 7.02. The average Bonchev–Trinajstić information content (AvgIpc) is 2.40. The molecular formula is C16H12Cl2N2. The molecule has 0 unspecified atom stereocenters. The number of para-hydroxylation sites is 1. The van der Waals surface area contributed by atoms with Crippen LogP contribution in [-0.4, -0.2) is 9.97 Å². The van der Waals surface area contributed by atoms with Crippen LogP contribution >= 0.6 is 23.2 Å². The maximum Gasteiger partial charge on any atom is 0.162 e. The topological polar surface area (TPSA) is 25.8 Å². The molecule has 0 radical (unpaired) electrons. The summed E-state index contributed by atoms with van der Waals surface area (Å²) in [5.41, 5.74) is 3.93. The molecule has 0 aliphatic rings. The highest BCUT2D eigenvalue weighted by Gasteiger charge is 2.13. The van der Waals surface area contributed by atoms with Crippen molar-refractivity contribution in [1.29, 1.82) is 0 Å². The molecule has 0 saturated carbocycles. The van der Waals surface area contributed by atoms with Crippen molar-refractivity contribution in [1.82, 2.24) is 9.97 Å². The van der Waals surface area contributed by atoms with Crippen molar-refractivity contribution in [3.63, 3.8) is 0 Å². The zero-order valence-corrected chi connectivity index (χ0v) is 12.6. The molecule has 0 N–H and O–H groups in total. The van der Waals surface area contributed by atoms with Crippen molar-refractivity contribution in [3.8, 4) is 11.4 Å². The number of hydrogen-bond acceptors (Lipinski definition) is 2. The molecule has 2 nitrogen and oxygen atoms in total. The number of halogens is 2. The minimum Gasteiger partial charge on any atom is -0.226 e. The van der Waals surface area contributed by atoms with Gasteiger partial charge < -0.3 is 0 Å². The fourth-order valence-electron chi connectivity index (χ4n) is 2.36. The monoisotopic (exact) mass is 302 g/mol. The summed E-state index contributed by atoms with van der Waals surface area (Å²) in [6.45, 7) is 4.08. The van der Waals surface area contributed by atoms with E-state index in [1.807, 2.05) is 50.2 Å². The molecule has 0 bridgehead atoms. The van der Waals surface area contributed by atoms with Crippen LogP contribution in [0.15, 0.2) is 36.4 Å². The van der Waals surface area contributed by atoms with E-state index in [0.717, 1.165) is 22.1 Å². The molecule has 100 valence electrons. The quantitative estimate of drug-likeness (QED) is 0.576. The summed E-state index contributed by atoms with van der Waals surface area (Å²) in [6.07, 6.45) is 0. The van der Waals surface area contributed by atoms with Gasteiger partial charge in [0.05, 0.1) is 10.5 Å². The summed E-state index contributed by atoms with van der Waals surface area (Å²) in [4.78, 5) is 9.03. The largest absolute Gasteiger partial charge is 0.226 e. The van der Waals surface area contributed by atoms with Gasteiger partial charge in [-0.2, -0.15) is 0 Å². The Labute approximate surface area is 127 Å². The molecule has 3 rings (SSSR count). The second-order valence-electron chi connectivity index (χ2n) is 4.74. The van der Waals surface area contributed by atoms with Crippen LogP contribution in [0.25, 0.3) is 22.3 Å². The van der Waals surface area contributed by atoms with E-state index in [0.29, 0.717) is 21.5 Å². The second kappa shape index (κ2) is 5.04. The molecule has 0 aliphatic heterocycles.